The number of hydrogen-bond acceptors (Lipinski definition) is 4. The molecule has 0 aromatic heterocycles. The van der Waals surface area contributed by atoms with Crippen LogP contribution >= 0.6 is 0 Å². The van der Waals surface area contributed by atoms with Crippen LogP contribution in [0.2, 0.25) is 0 Å². The number of halogens is 1. The Hall–Kier alpha value is -3.26. The van der Waals surface area contributed by atoms with Crippen molar-refractivity contribution in [1.82, 2.24) is 5.32 Å². The number of anilines is 2. The van der Waals surface area contributed by atoms with E-state index in [0.717, 1.165) is 17.3 Å². The Balaban J connectivity index is 1.52. The van der Waals surface area contributed by atoms with E-state index >= 15 is 0 Å². The Labute approximate surface area is 154 Å². The van der Waals surface area contributed by atoms with E-state index in [1.54, 1.807) is 0 Å². The molecule has 4 rings (SSSR count). The maximum Gasteiger partial charge on any atom is 0.248 e. The zero-order valence-corrected chi connectivity index (χ0v) is 14.2. The van der Waals surface area contributed by atoms with E-state index in [1.807, 2.05) is 24.3 Å². The highest BCUT2D eigenvalue weighted by Gasteiger charge is 2.52. The van der Waals surface area contributed by atoms with Gasteiger partial charge in [0.25, 0.3) is 0 Å². The van der Waals surface area contributed by atoms with Crippen molar-refractivity contribution in [2.45, 2.75) is 17.9 Å². The molecule has 2 aliphatic heterocycles. The molecule has 3 amide bonds. The third kappa shape index (κ3) is 2.74. The number of amides is 3. The van der Waals surface area contributed by atoms with Crippen LogP contribution in [0.5, 0.6) is 0 Å². The predicted octanol–water partition coefficient (Wildman–Crippen LogP) is 1.12. The first kappa shape index (κ1) is 17.2. The molecule has 8 heteroatoms. The molecule has 0 saturated carbocycles. The van der Waals surface area contributed by atoms with E-state index in [-0.39, 0.29) is 23.6 Å². The lowest BCUT2D eigenvalue weighted by molar-refractivity contribution is -0.120. The second-order valence-electron chi connectivity index (χ2n) is 6.77. The fraction of sp³-hybridized carbons (Fsp3) is 0.211. The first-order valence-corrected chi connectivity index (χ1v) is 8.45. The van der Waals surface area contributed by atoms with E-state index < -0.39 is 29.1 Å². The van der Waals surface area contributed by atoms with Crippen LogP contribution in [-0.4, -0.2) is 30.3 Å². The molecule has 0 bridgehead atoms. The second kappa shape index (κ2) is 6.17. The van der Waals surface area contributed by atoms with E-state index in [2.05, 4.69) is 16.0 Å². The first-order chi connectivity index (χ1) is 12.9. The summed E-state index contributed by atoms with van der Waals surface area (Å²) in [6.45, 7) is 0.316. The SMILES string of the molecule is NC(=O)c1ccc(NC(=O)C2CC3(CN2)C(=O)Nc2ccccc23)c(F)c1. The first-order valence-electron chi connectivity index (χ1n) is 8.45. The molecule has 2 atom stereocenters. The van der Waals surface area contributed by atoms with Gasteiger partial charge in [0, 0.05) is 17.8 Å². The van der Waals surface area contributed by atoms with Gasteiger partial charge in [-0.2, -0.15) is 0 Å². The molecule has 2 heterocycles. The van der Waals surface area contributed by atoms with E-state index in [1.165, 1.54) is 12.1 Å². The fourth-order valence-electron chi connectivity index (χ4n) is 3.72. The van der Waals surface area contributed by atoms with Crippen molar-refractivity contribution >= 4 is 29.1 Å². The zero-order chi connectivity index (χ0) is 19.2. The lowest BCUT2D eigenvalue weighted by atomic mass is 9.79. The molecule has 1 saturated heterocycles. The van der Waals surface area contributed by atoms with Crippen molar-refractivity contribution in [3.05, 3.63) is 59.4 Å². The molecule has 2 aliphatic rings. The largest absolute Gasteiger partial charge is 0.366 e. The summed E-state index contributed by atoms with van der Waals surface area (Å²) in [6, 6.07) is 10.3. The number of hydrogen-bond donors (Lipinski definition) is 4. The Morgan fingerprint density at radius 1 is 1.22 bits per heavy atom. The quantitative estimate of drug-likeness (QED) is 0.650. The van der Waals surface area contributed by atoms with E-state index in [9.17, 15) is 18.8 Å². The van der Waals surface area contributed by atoms with Crippen LogP contribution in [0.4, 0.5) is 15.8 Å². The van der Waals surface area contributed by atoms with Crippen LogP contribution in [0, 0.1) is 5.82 Å². The smallest absolute Gasteiger partial charge is 0.248 e. The van der Waals surface area contributed by atoms with Crippen molar-refractivity contribution in [1.29, 1.82) is 0 Å². The summed E-state index contributed by atoms with van der Waals surface area (Å²) in [5, 5.41) is 8.41. The Kier molecular flexibility index (Phi) is 3.92. The van der Waals surface area contributed by atoms with Gasteiger partial charge in [-0.1, -0.05) is 18.2 Å². The van der Waals surface area contributed by atoms with Gasteiger partial charge in [0.05, 0.1) is 17.1 Å². The van der Waals surface area contributed by atoms with Crippen molar-refractivity contribution in [3.8, 4) is 0 Å². The highest BCUT2D eigenvalue weighted by atomic mass is 19.1. The van der Waals surface area contributed by atoms with Crippen molar-refractivity contribution in [2.24, 2.45) is 5.73 Å². The van der Waals surface area contributed by atoms with Gasteiger partial charge in [0.15, 0.2) is 0 Å². The number of nitrogens with two attached hydrogens (primary N) is 1. The third-order valence-corrected chi connectivity index (χ3v) is 5.16. The van der Waals surface area contributed by atoms with Gasteiger partial charge in [-0.25, -0.2) is 4.39 Å². The van der Waals surface area contributed by atoms with Crippen LogP contribution < -0.4 is 21.7 Å². The Bertz CT molecular complexity index is 977. The molecule has 5 N–H and O–H groups in total. The summed E-state index contributed by atoms with van der Waals surface area (Å²) in [7, 11) is 0. The third-order valence-electron chi connectivity index (χ3n) is 5.16. The van der Waals surface area contributed by atoms with Gasteiger partial charge in [-0.3, -0.25) is 14.4 Å². The summed E-state index contributed by atoms with van der Waals surface area (Å²) < 4.78 is 14.1. The number of rotatable bonds is 3. The molecule has 1 spiro atoms. The van der Waals surface area contributed by atoms with Gasteiger partial charge in [0.2, 0.25) is 17.7 Å². The molecular weight excluding hydrogens is 351 g/mol. The number of para-hydroxylation sites is 1. The zero-order valence-electron chi connectivity index (χ0n) is 14.2. The number of carbonyl (C=O) groups excluding carboxylic acids is 3. The van der Waals surface area contributed by atoms with Gasteiger partial charge < -0.3 is 21.7 Å². The highest BCUT2D eigenvalue weighted by Crippen LogP contribution is 2.43. The standard InChI is InChI=1S/C19H17FN4O3/c20-12-7-10(16(21)25)5-6-14(12)23-17(26)15-8-19(9-22-15)11-3-1-2-4-13(11)24-18(19)27/h1-7,15,22H,8-9H2,(H2,21,25)(H,23,26)(H,24,27). The summed E-state index contributed by atoms with van der Waals surface area (Å²) in [6.07, 6.45) is 0.267. The normalized spacial score (nSPS) is 23.1. The molecule has 138 valence electrons. The molecule has 2 aromatic rings. The summed E-state index contributed by atoms with van der Waals surface area (Å²) in [5.41, 5.74) is 5.87. The minimum atomic E-state index is -0.813. The number of carbonyl (C=O) groups is 3. The predicted molar refractivity (Wildman–Crippen MR) is 96.7 cm³/mol. The van der Waals surface area contributed by atoms with Crippen molar-refractivity contribution < 1.29 is 18.8 Å². The van der Waals surface area contributed by atoms with Crippen molar-refractivity contribution in [3.63, 3.8) is 0 Å². The molecule has 0 aliphatic carbocycles. The maximum absolute atomic E-state index is 14.1. The number of benzene rings is 2. The van der Waals surface area contributed by atoms with Crippen molar-refractivity contribution in [2.75, 3.05) is 17.2 Å². The maximum atomic E-state index is 14.1. The molecule has 0 radical (unpaired) electrons. The topological polar surface area (TPSA) is 113 Å². The lowest BCUT2D eigenvalue weighted by Crippen LogP contribution is -2.36. The second-order valence-corrected chi connectivity index (χ2v) is 6.77. The van der Waals surface area contributed by atoms with Crippen LogP contribution in [0.1, 0.15) is 22.3 Å². The number of fused-ring (bicyclic) bond motifs is 2. The average molecular weight is 368 g/mol. The Morgan fingerprint density at radius 2 is 2.00 bits per heavy atom. The summed E-state index contributed by atoms with van der Waals surface area (Å²) in [4.78, 5) is 36.2. The molecule has 2 aromatic carbocycles. The van der Waals surface area contributed by atoms with Gasteiger partial charge in [-0.15, -0.1) is 0 Å². The number of primary amides is 1. The average Bonchev–Trinajstić information content (AvgIpc) is 3.20. The van der Waals surface area contributed by atoms with Gasteiger partial charge in [0.1, 0.15) is 5.82 Å². The van der Waals surface area contributed by atoms with Crippen LogP contribution in [-0.2, 0) is 15.0 Å². The van der Waals surface area contributed by atoms with Gasteiger partial charge in [-0.05, 0) is 36.2 Å². The van der Waals surface area contributed by atoms with E-state index in [0.29, 0.717) is 6.54 Å². The van der Waals surface area contributed by atoms with E-state index in [4.69, 9.17) is 5.73 Å². The molecule has 2 unspecified atom stereocenters. The fourth-order valence-corrected chi connectivity index (χ4v) is 3.72. The minimum Gasteiger partial charge on any atom is -0.366 e. The van der Waals surface area contributed by atoms with Crippen LogP contribution in [0.25, 0.3) is 0 Å². The monoisotopic (exact) mass is 368 g/mol. The van der Waals surface area contributed by atoms with Crippen LogP contribution in [0.15, 0.2) is 42.5 Å². The highest BCUT2D eigenvalue weighted by molar-refractivity contribution is 6.08. The lowest BCUT2D eigenvalue weighted by Gasteiger charge is -2.20. The summed E-state index contributed by atoms with van der Waals surface area (Å²) in [5.74, 6) is -2.10. The molecular formula is C19H17FN4O3. The number of nitrogens with one attached hydrogen (secondary N) is 3. The minimum absolute atomic E-state index is 0.0164. The molecule has 7 nitrogen and oxygen atoms in total. The van der Waals surface area contributed by atoms with Gasteiger partial charge >= 0.3 is 0 Å². The summed E-state index contributed by atoms with van der Waals surface area (Å²) >= 11 is 0. The Morgan fingerprint density at radius 3 is 2.74 bits per heavy atom. The molecule has 1 fully saturated rings. The molecule has 27 heavy (non-hydrogen) atoms. The van der Waals surface area contributed by atoms with Crippen LogP contribution in [0.3, 0.4) is 0 Å².